The first-order valence-corrected chi connectivity index (χ1v) is 6.99. The molecule has 0 aromatic heterocycles. The Labute approximate surface area is 131 Å². The molecule has 3 N–H and O–H groups in total. The van der Waals surface area contributed by atoms with Crippen LogP contribution in [-0.4, -0.2) is 29.6 Å². The van der Waals surface area contributed by atoms with Gasteiger partial charge in [-0.3, -0.25) is 9.59 Å². The van der Waals surface area contributed by atoms with E-state index in [-0.39, 0.29) is 23.2 Å². The van der Waals surface area contributed by atoms with Gasteiger partial charge in [0.1, 0.15) is 0 Å². The zero-order chi connectivity index (χ0) is 16.9. The quantitative estimate of drug-likeness (QED) is 0.570. The van der Waals surface area contributed by atoms with Crippen molar-refractivity contribution in [3.8, 4) is 0 Å². The molecule has 0 spiro atoms. The summed E-state index contributed by atoms with van der Waals surface area (Å²) >= 11 is 5.66. The van der Waals surface area contributed by atoms with Gasteiger partial charge in [0.05, 0.1) is 23.4 Å². The van der Waals surface area contributed by atoms with Crippen molar-refractivity contribution in [3.63, 3.8) is 0 Å². The van der Waals surface area contributed by atoms with Gasteiger partial charge in [-0.1, -0.05) is 25.4 Å². The lowest BCUT2D eigenvalue weighted by Gasteiger charge is -2.18. The van der Waals surface area contributed by atoms with E-state index < -0.39 is 29.5 Å². The van der Waals surface area contributed by atoms with E-state index >= 15 is 0 Å². The number of carbonyl (C=O) groups excluding carboxylic acids is 2. The van der Waals surface area contributed by atoms with Crippen molar-refractivity contribution in [3.05, 3.63) is 28.8 Å². The van der Waals surface area contributed by atoms with Gasteiger partial charge in [-0.05, 0) is 18.4 Å². The second-order valence-electron chi connectivity index (χ2n) is 5.18. The molecule has 0 aliphatic rings. The number of anilines is 1. The Balaban J connectivity index is 2.72. The maximum Gasteiger partial charge on any atom is 0.313 e. The Hall–Kier alpha value is -1.73. The van der Waals surface area contributed by atoms with E-state index in [0.717, 1.165) is 0 Å². The Bertz CT molecular complexity index is 567. The highest BCUT2D eigenvalue weighted by Crippen LogP contribution is 2.24. The summed E-state index contributed by atoms with van der Waals surface area (Å²) in [7, 11) is 0. The summed E-state index contributed by atoms with van der Waals surface area (Å²) < 4.78 is 26.0. The molecule has 1 atom stereocenters. The molecule has 0 aliphatic carbocycles. The third-order valence-corrected chi connectivity index (χ3v) is 3.09. The smallest absolute Gasteiger partial charge is 0.313 e. The predicted octanol–water partition coefficient (Wildman–Crippen LogP) is 2.08. The zero-order valence-electron chi connectivity index (χ0n) is 12.1. The molecule has 1 aromatic rings. The molecule has 1 aromatic carbocycles. The molecule has 122 valence electrons. The fraction of sp³-hybridized carbons (Fsp3) is 0.429. The van der Waals surface area contributed by atoms with Gasteiger partial charge < -0.3 is 15.7 Å². The summed E-state index contributed by atoms with van der Waals surface area (Å²) in [5, 5.41) is 13.4. The lowest BCUT2D eigenvalue weighted by molar-refractivity contribution is -0.136. The number of rotatable bonds is 5. The molecule has 0 aliphatic heterocycles. The molecular weight excluding hydrogens is 318 g/mol. The molecule has 0 radical (unpaired) electrons. The van der Waals surface area contributed by atoms with E-state index in [9.17, 15) is 18.4 Å². The van der Waals surface area contributed by atoms with Crippen LogP contribution in [0.5, 0.6) is 0 Å². The van der Waals surface area contributed by atoms with Crippen molar-refractivity contribution in [2.45, 2.75) is 26.3 Å². The maximum atomic E-state index is 13.1. The monoisotopic (exact) mass is 334 g/mol. The van der Waals surface area contributed by atoms with Crippen LogP contribution in [0.25, 0.3) is 0 Å². The fourth-order valence-electron chi connectivity index (χ4n) is 1.80. The second kappa shape index (κ2) is 8.05. The lowest BCUT2D eigenvalue weighted by Crippen LogP contribution is -2.44. The topological polar surface area (TPSA) is 78.4 Å². The van der Waals surface area contributed by atoms with Crippen molar-refractivity contribution in [1.82, 2.24) is 5.32 Å². The number of amides is 2. The number of aliphatic hydroxyl groups is 1. The lowest BCUT2D eigenvalue weighted by atomic mass is 10.0. The van der Waals surface area contributed by atoms with Crippen LogP contribution in [-0.2, 0) is 9.59 Å². The fourth-order valence-corrected chi connectivity index (χ4v) is 1.99. The molecular formula is C14H17ClF2N2O3. The summed E-state index contributed by atoms with van der Waals surface area (Å²) in [6.07, 6.45) is 0.488. The van der Waals surface area contributed by atoms with Crippen LogP contribution in [0, 0.1) is 17.6 Å². The maximum absolute atomic E-state index is 13.1. The molecule has 0 fully saturated rings. The van der Waals surface area contributed by atoms with E-state index in [0.29, 0.717) is 18.6 Å². The third-order valence-electron chi connectivity index (χ3n) is 2.78. The molecule has 0 saturated heterocycles. The summed E-state index contributed by atoms with van der Waals surface area (Å²) in [5.74, 6) is -4.24. The molecule has 0 heterocycles. The van der Waals surface area contributed by atoms with Gasteiger partial charge in [-0.25, -0.2) is 8.78 Å². The number of benzene rings is 1. The Kier molecular flexibility index (Phi) is 6.70. The molecule has 1 rings (SSSR count). The molecule has 22 heavy (non-hydrogen) atoms. The molecule has 2 amide bonds. The molecule has 8 heteroatoms. The standard InChI is InChI=1S/C14H17ClF2N2O3/c1-7(2)3-8(6-20)18-13(21)14(22)19-12-5-11(17)10(16)4-9(12)15/h4-5,7-8,20H,3,6H2,1-2H3,(H,18,21)(H,19,22). The van der Waals surface area contributed by atoms with Crippen molar-refractivity contribution < 1.29 is 23.5 Å². The van der Waals surface area contributed by atoms with Crippen molar-refractivity contribution in [2.75, 3.05) is 11.9 Å². The first kappa shape index (κ1) is 18.3. The average Bonchev–Trinajstić information content (AvgIpc) is 2.43. The first-order chi connectivity index (χ1) is 10.2. The van der Waals surface area contributed by atoms with E-state index in [1.54, 1.807) is 0 Å². The SMILES string of the molecule is CC(C)CC(CO)NC(=O)C(=O)Nc1cc(F)c(F)cc1Cl. The van der Waals surface area contributed by atoms with E-state index in [4.69, 9.17) is 16.7 Å². The zero-order valence-corrected chi connectivity index (χ0v) is 12.9. The van der Waals surface area contributed by atoms with Crippen LogP contribution in [0.15, 0.2) is 12.1 Å². The first-order valence-electron chi connectivity index (χ1n) is 6.61. The number of hydrogen-bond donors (Lipinski definition) is 3. The van der Waals surface area contributed by atoms with Crippen molar-refractivity contribution in [2.24, 2.45) is 5.92 Å². The van der Waals surface area contributed by atoms with Crippen LogP contribution >= 0.6 is 11.6 Å². The van der Waals surface area contributed by atoms with Crippen molar-refractivity contribution >= 4 is 29.1 Å². The number of halogens is 3. The highest BCUT2D eigenvalue weighted by atomic mass is 35.5. The van der Waals surface area contributed by atoms with E-state index in [1.165, 1.54) is 0 Å². The van der Waals surface area contributed by atoms with E-state index in [1.807, 2.05) is 13.8 Å². The highest BCUT2D eigenvalue weighted by molar-refractivity contribution is 6.41. The summed E-state index contributed by atoms with van der Waals surface area (Å²) in [5.41, 5.74) is -0.217. The van der Waals surface area contributed by atoms with Crippen LogP contribution < -0.4 is 10.6 Å². The summed E-state index contributed by atoms with van der Waals surface area (Å²) in [6.45, 7) is 3.48. The van der Waals surface area contributed by atoms with E-state index in [2.05, 4.69) is 10.6 Å². The Morgan fingerprint density at radius 1 is 1.23 bits per heavy atom. The van der Waals surface area contributed by atoms with Gasteiger partial charge in [0.25, 0.3) is 0 Å². The third kappa shape index (κ3) is 5.23. The Morgan fingerprint density at radius 3 is 2.36 bits per heavy atom. The van der Waals surface area contributed by atoms with Crippen LogP contribution in [0.1, 0.15) is 20.3 Å². The highest BCUT2D eigenvalue weighted by Gasteiger charge is 2.20. The number of aliphatic hydroxyl groups excluding tert-OH is 1. The summed E-state index contributed by atoms with van der Waals surface area (Å²) in [6, 6.07) is 0.805. The average molecular weight is 335 g/mol. The number of carbonyl (C=O) groups is 2. The minimum absolute atomic E-state index is 0.209. The van der Waals surface area contributed by atoms with Crippen LogP contribution in [0.2, 0.25) is 5.02 Å². The number of hydrogen-bond acceptors (Lipinski definition) is 3. The molecule has 5 nitrogen and oxygen atoms in total. The largest absolute Gasteiger partial charge is 0.394 e. The second-order valence-corrected chi connectivity index (χ2v) is 5.59. The minimum Gasteiger partial charge on any atom is -0.394 e. The van der Waals surface area contributed by atoms with Gasteiger partial charge in [0.2, 0.25) is 0 Å². The minimum atomic E-state index is -1.20. The normalized spacial score (nSPS) is 12.1. The van der Waals surface area contributed by atoms with Gasteiger partial charge in [-0.2, -0.15) is 0 Å². The van der Waals surface area contributed by atoms with Crippen LogP contribution in [0.3, 0.4) is 0 Å². The number of nitrogens with one attached hydrogen (secondary N) is 2. The molecule has 0 bridgehead atoms. The summed E-state index contributed by atoms with van der Waals surface area (Å²) in [4.78, 5) is 23.4. The van der Waals surface area contributed by atoms with Gasteiger partial charge >= 0.3 is 11.8 Å². The molecule has 0 saturated carbocycles. The van der Waals surface area contributed by atoms with Gasteiger partial charge in [0, 0.05) is 6.07 Å². The Morgan fingerprint density at radius 2 is 1.82 bits per heavy atom. The predicted molar refractivity (Wildman–Crippen MR) is 78.5 cm³/mol. The van der Waals surface area contributed by atoms with Crippen molar-refractivity contribution in [1.29, 1.82) is 0 Å². The molecule has 1 unspecified atom stereocenters. The van der Waals surface area contributed by atoms with Crippen LogP contribution in [0.4, 0.5) is 14.5 Å². The van der Waals surface area contributed by atoms with Gasteiger partial charge in [0.15, 0.2) is 11.6 Å². The van der Waals surface area contributed by atoms with Gasteiger partial charge in [-0.15, -0.1) is 0 Å².